The summed E-state index contributed by atoms with van der Waals surface area (Å²) in [5.41, 5.74) is 0.710. The molecule has 2 heterocycles. The zero-order valence-corrected chi connectivity index (χ0v) is 21.1. The number of esters is 1. The second-order valence-corrected chi connectivity index (χ2v) is 9.37. The van der Waals surface area contributed by atoms with Gasteiger partial charge in [0, 0.05) is 11.7 Å². The lowest BCUT2D eigenvalue weighted by Gasteiger charge is -2.35. The van der Waals surface area contributed by atoms with Crippen molar-refractivity contribution in [2.45, 2.75) is 50.3 Å². The number of fused-ring (bicyclic) bond motifs is 1. The van der Waals surface area contributed by atoms with Crippen LogP contribution < -0.4 is 19.7 Å². The van der Waals surface area contributed by atoms with E-state index in [0.29, 0.717) is 28.5 Å². The molecule has 9 nitrogen and oxygen atoms in total. The van der Waals surface area contributed by atoms with Gasteiger partial charge in [0.1, 0.15) is 12.4 Å². The number of methoxy groups -OCH3 is 1. The third-order valence-corrected chi connectivity index (χ3v) is 6.86. The van der Waals surface area contributed by atoms with Crippen molar-refractivity contribution in [1.82, 2.24) is 5.32 Å². The van der Waals surface area contributed by atoms with E-state index in [1.165, 1.54) is 18.3 Å². The largest absolute Gasteiger partial charge is 0.485 e. The maximum Gasteiger partial charge on any atom is 0.337 e. The normalized spacial score (nSPS) is 17.8. The van der Waals surface area contributed by atoms with Gasteiger partial charge in [0.15, 0.2) is 17.5 Å². The van der Waals surface area contributed by atoms with Crippen LogP contribution in [0, 0.1) is 0 Å². The first kappa shape index (κ1) is 25.4. The van der Waals surface area contributed by atoms with Gasteiger partial charge in [0.25, 0.3) is 11.8 Å². The molecular formula is C29H30N2O7. The van der Waals surface area contributed by atoms with Gasteiger partial charge in [-0.3, -0.25) is 14.5 Å². The minimum atomic E-state index is -1.11. The Hall–Kier alpha value is -4.27. The van der Waals surface area contributed by atoms with Crippen LogP contribution in [-0.4, -0.2) is 43.6 Å². The highest BCUT2D eigenvalue weighted by Gasteiger charge is 2.41. The fraction of sp³-hybridized carbons (Fsp3) is 0.345. The molecule has 9 heteroatoms. The Morgan fingerprint density at radius 3 is 2.37 bits per heavy atom. The van der Waals surface area contributed by atoms with Gasteiger partial charge in [-0.15, -0.1) is 0 Å². The monoisotopic (exact) mass is 518 g/mol. The van der Waals surface area contributed by atoms with Gasteiger partial charge < -0.3 is 23.9 Å². The van der Waals surface area contributed by atoms with Crippen molar-refractivity contribution in [3.63, 3.8) is 0 Å². The topological polar surface area (TPSA) is 107 Å². The number of anilines is 1. The molecule has 5 rings (SSSR count). The summed E-state index contributed by atoms with van der Waals surface area (Å²) in [6, 6.07) is 15.7. The highest BCUT2D eigenvalue weighted by atomic mass is 16.6. The molecule has 38 heavy (non-hydrogen) atoms. The summed E-state index contributed by atoms with van der Waals surface area (Å²) in [5, 5.41) is 3.13. The van der Waals surface area contributed by atoms with Crippen LogP contribution in [0.5, 0.6) is 11.5 Å². The Kier molecular flexibility index (Phi) is 7.62. The van der Waals surface area contributed by atoms with Crippen LogP contribution in [0.3, 0.4) is 0 Å². The molecule has 0 saturated heterocycles. The van der Waals surface area contributed by atoms with Crippen LogP contribution in [0.1, 0.15) is 54.3 Å². The second-order valence-electron chi connectivity index (χ2n) is 9.37. The minimum Gasteiger partial charge on any atom is -0.485 e. The number of para-hydroxylation sites is 2. The van der Waals surface area contributed by atoms with Crippen molar-refractivity contribution in [2.75, 3.05) is 18.6 Å². The Bertz CT molecular complexity index is 1270. The van der Waals surface area contributed by atoms with E-state index < -0.39 is 24.0 Å². The number of nitrogens with one attached hydrogen (secondary N) is 1. The standard InChI is InChI=1S/C29H30N2O7/c1-35-29(34)19-13-15-21(16-14-19)31(28(33)25-18-37-22-10-5-6-11-23(22)38-25)26(24-12-7-17-36-24)27(32)30-20-8-3-2-4-9-20/h5-7,10-17,20,25-26H,2-4,8-9,18H2,1H3,(H,30,32). The Balaban J connectivity index is 1.52. The summed E-state index contributed by atoms with van der Waals surface area (Å²) in [6.45, 7) is -0.0261. The quantitative estimate of drug-likeness (QED) is 0.461. The fourth-order valence-corrected chi connectivity index (χ4v) is 4.92. The summed E-state index contributed by atoms with van der Waals surface area (Å²) in [5.74, 6) is -0.0455. The number of hydrogen-bond acceptors (Lipinski definition) is 7. The number of furan rings is 1. The first-order valence-electron chi connectivity index (χ1n) is 12.8. The number of carbonyl (C=O) groups excluding carboxylic acids is 3. The van der Waals surface area contributed by atoms with E-state index >= 15 is 0 Å². The fourth-order valence-electron chi connectivity index (χ4n) is 4.92. The molecule has 1 aromatic heterocycles. The molecule has 0 spiro atoms. The third kappa shape index (κ3) is 5.37. The van der Waals surface area contributed by atoms with Gasteiger partial charge in [-0.25, -0.2) is 4.79 Å². The molecule has 1 aliphatic carbocycles. The summed E-state index contributed by atoms with van der Waals surface area (Å²) in [7, 11) is 1.30. The molecule has 3 aromatic rings. The highest BCUT2D eigenvalue weighted by Crippen LogP contribution is 2.35. The number of hydrogen-bond donors (Lipinski definition) is 1. The van der Waals surface area contributed by atoms with E-state index in [1.807, 2.05) is 6.07 Å². The molecule has 198 valence electrons. The summed E-state index contributed by atoms with van der Waals surface area (Å²) < 4.78 is 22.3. The van der Waals surface area contributed by atoms with E-state index in [2.05, 4.69) is 5.32 Å². The lowest BCUT2D eigenvalue weighted by molar-refractivity contribution is -0.132. The van der Waals surface area contributed by atoms with Crippen LogP contribution in [0.25, 0.3) is 0 Å². The smallest absolute Gasteiger partial charge is 0.337 e. The van der Waals surface area contributed by atoms with E-state index in [1.54, 1.807) is 54.6 Å². The Morgan fingerprint density at radius 2 is 1.68 bits per heavy atom. The Morgan fingerprint density at radius 1 is 0.947 bits per heavy atom. The van der Waals surface area contributed by atoms with Crippen LogP contribution in [-0.2, 0) is 14.3 Å². The molecule has 0 bridgehead atoms. The lowest BCUT2D eigenvalue weighted by atomic mass is 9.95. The Labute approximate surface area is 220 Å². The number of rotatable bonds is 7. The number of benzene rings is 2. The van der Waals surface area contributed by atoms with Crippen molar-refractivity contribution >= 4 is 23.5 Å². The average molecular weight is 519 g/mol. The van der Waals surface area contributed by atoms with E-state index in [0.717, 1.165) is 32.1 Å². The summed E-state index contributed by atoms with van der Waals surface area (Å²) in [6.07, 6.45) is 5.46. The predicted molar refractivity (Wildman–Crippen MR) is 138 cm³/mol. The number of nitrogens with zero attached hydrogens (tertiary/aromatic N) is 1. The maximum atomic E-state index is 14.1. The van der Waals surface area contributed by atoms with Crippen LogP contribution >= 0.6 is 0 Å². The molecule has 2 amide bonds. The van der Waals surface area contributed by atoms with Gasteiger partial charge in [0.05, 0.1) is 18.9 Å². The SMILES string of the molecule is COC(=O)c1ccc(N(C(=O)C2COc3ccccc3O2)C(C(=O)NC2CCCCC2)c2ccco2)cc1. The molecule has 1 aliphatic heterocycles. The molecule has 1 saturated carbocycles. The molecule has 2 unspecified atom stereocenters. The molecule has 1 N–H and O–H groups in total. The lowest BCUT2D eigenvalue weighted by Crippen LogP contribution is -2.52. The molecule has 1 fully saturated rings. The van der Waals surface area contributed by atoms with Gasteiger partial charge in [-0.05, 0) is 61.4 Å². The highest BCUT2D eigenvalue weighted by molar-refractivity contribution is 6.03. The molecule has 2 atom stereocenters. The van der Waals surface area contributed by atoms with E-state index in [-0.39, 0.29) is 18.6 Å². The van der Waals surface area contributed by atoms with Crippen molar-refractivity contribution in [3.05, 3.63) is 78.3 Å². The number of carbonyl (C=O) groups is 3. The van der Waals surface area contributed by atoms with E-state index in [9.17, 15) is 14.4 Å². The maximum absolute atomic E-state index is 14.1. The van der Waals surface area contributed by atoms with Gasteiger partial charge in [0.2, 0.25) is 6.10 Å². The summed E-state index contributed by atoms with van der Waals surface area (Å²) in [4.78, 5) is 41.3. The van der Waals surface area contributed by atoms with Crippen molar-refractivity contribution in [2.24, 2.45) is 0 Å². The number of amides is 2. The van der Waals surface area contributed by atoms with Crippen LogP contribution in [0.15, 0.2) is 71.3 Å². The zero-order chi connectivity index (χ0) is 26.5. The van der Waals surface area contributed by atoms with Gasteiger partial charge >= 0.3 is 5.97 Å². The van der Waals surface area contributed by atoms with Crippen molar-refractivity contribution in [1.29, 1.82) is 0 Å². The van der Waals surface area contributed by atoms with Crippen LogP contribution in [0.2, 0.25) is 0 Å². The number of ether oxygens (including phenoxy) is 3. The first-order valence-corrected chi connectivity index (χ1v) is 12.8. The summed E-state index contributed by atoms with van der Waals surface area (Å²) >= 11 is 0. The van der Waals surface area contributed by atoms with Gasteiger partial charge in [-0.1, -0.05) is 31.4 Å². The van der Waals surface area contributed by atoms with E-state index in [4.69, 9.17) is 18.6 Å². The van der Waals surface area contributed by atoms with Gasteiger partial charge in [-0.2, -0.15) is 0 Å². The zero-order valence-electron chi connectivity index (χ0n) is 21.1. The first-order chi connectivity index (χ1) is 18.5. The van der Waals surface area contributed by atoms with Crippen molar-refractivity contribution in [3.8, 4) is 11.5 Å². The molecular weight excluding hydrogens is 488 g/mol. The minimum absolute atomic E-state index is 0.0218. The molecule has 2 aromatic carbocycles. The predicted octanol–water partition coefficient (Wildman–Crippen LogP) is 4.43. The molecule has 2 aliphatic rings. The van der Waals surface area contributed by atoms with Crippen LogP contribution in [0.4, 0.5) is 5.69 Å². The average Bonchev–Trinajstić information content (AvgIpc) is 3.50. The molecule has 0 radical (unpaired) electrons. The second kappa shape index (κ2) is 11.4. The van der Waals surface area contributed by atoms with Crippen molar-refractivity contribution < 1.29 is 33.0 Å². The third-order valence-electron chi connectivity index (χ3n) is 6.86.